The zero-order valence-corrected chi connectivity index (χ0v) is 17.1. The maximum Gasteiger partial charge on any atom is 0.416 e. The molecule has 0 aromatic heterocycles. The normalized spacial score (nSPS) is 17.2. The maximum atomic E-state index is 13.1. The van der Waals surface area contributed by atoms with Crippen LogP contribution in [0.4, 0.5) is 32.0 Å². The van der Waals surface area contributed by atoms with E-state index in [0.717, 1.165) is 4.90 Å². The van der Waals surface area contributed by atoms with Crippen molar-refractivity contribution >= 4 is 29.1 Å². The summed E-state index contributed by atoms with van der Waals surface area (Å²) in [6.07, 6.45) is -9.33. The van der Waals surface area contributed by atoms with E-state index < -0.39 is 46.8 Å². The van der Waals surface area contributed by atoms with E-state index in [9.17, 15) is 35.9 Å². The zero-order chi connectivity index (χ0) is 23.7. The van der Waals surface area contributed by atoms with E-state index in [1.165, 1.54) is 0 Å². The lowest BCUT2D eigenvalue weighted by molar-refractivity contribution is -0.143. The predicted molar refractivity (Wildman–Crippen MR) is 105 cm³/mol. The predicted octanol–water partition coefficient (Wildman–Crippen LogP) is 5.87. The van der Waals surface area contributed by atoms with E-state index in [2.05, 4.69) is 5.32 Å². The molecule has 0 aliphatic carbocycles. The molecule has 0 radical (unpaired) electrons. The summed E-state index contributed by atoms with van der Waals surface area (Å²) >= 11 is 5.79. The number of hydrogen-bond donors (Lipinski definition) is 1. The van der Waals surface area contributed by atoms with Crippen LogP contribution in [-0.4, -0.2) is 29.8 Å². The number of amides is 2. The summed E-state index contributed by atoms with van der Waals surface area (Å²) in [6.45, 7) is -0.0169. The van der Waals surface area contributed by atoms with Gasteiger partial charge in [0.15, 0.2) is 0 Å². The highest BCUT2D eigenvalue weighted by Gasteiger charge is 2.38. The molecule has 0 spiro atoms. The Labute approximate surface area is 184 Å². The number of piperidine rings is 1. The molecule has 2 aromatic carbocycles. The molecule has 0 bridgehead atoms. The van der Waals surface area contributed by atoms with Gasteiger partial charge in [-0.15, -0.1) is 0 Å². The van der Waals surface area contributed by atoms with E-state index in [-0.39, 0.29) is 19.2 Å². The first kappa shape index (κ1) is 23.9. The van der Waals surface area contributed by atoms with Crippen LogP contribution in [0.2, 0.25) is 5.02 Å². The highest BCUT2D eigenvalue weighted by Crippen LogP contribution is 2.36. The Hall–Kier alpha value is -2.75. The summed E-state index contributed by atoms with van der Waals surface area (Å²) in [7, 11) is 0. The van der Waals surface area contributed by atoms with Gasteiger partial charge in [0.05, 0.1) is 17.0 Å². The first-order valence-electron chi connectivity index (χ1n) is 9.50. The molecule has 4 nitrogen and oxygen atoms in total. The topological polar surface area (TPSA) is 49.4 Å². The standard InChI is InChI=1S/C21H17ClF6N2O2/c22-16-3-5-17(6-4-16)29-18(31)12-2-1-7-30(11-12)19(32)13-8-14(20(23,24)25)10-15(9-13)21(26,27)28/h3-6,8-10,12H,1-2,7,11H2,(H,29,31)/t12-/m1/s1. The fourth-order valence-corrected chi connectivity index (χ4v) is 3.54. The van der Waals surface area contributed by atoms with Crippen molar-refractivity contribution in [2.24, 2.45) is 5.92 Å². The van der Waals surface area contributed by atoms with Crippen LogP contribution < -0.4 is 5.32 Å². The lowest BCUT2D eigenvalue weighted by Crippen LogP contribution is -2.43. The van der Waals surface area contributed by atoms with Crippen LogP contribution in [0, 0.1) is 5.92 Å². The molecule has 1 saturated heterocycles. The monoisotopic (exact) mass is 478 g/mol. The number of halogens is 7. The lowest BCUT2D eigenvalue weighted by atomic mass is 9.95. The van der Waals surface area contributed by atoms with Gasteiger partial charge in [0.2, 0.25) is 5.91 Å². The van der Waals surface area contributed by atoms with Crippen molar-refractivity contribution < 1.29 is 35.9 Å². The fourth-order valence-electron chi connectivity index (χ4n) is 3.41. The highest BCUT2D eigenvalue weighted by atomic mass is 35.5. The number of benzene rings is 2. The van der Waals surface area contributed by atoms with Gasteiger partial charge in [0.25, 0.3) is 5.91 Å². The van der Waals surface area contributed by atoms with Gasteiger partial charge in [0, 0.05) is 29.4 Å². The minimum atomic E-state index is -5.06. The average molecular weight is 479 g/mol. The molecular formula is C21H17ClF6N2O2. The minimum absolute atomic E-state index is 0.0324. The highest BCUT2D eigenvalue weighted by molar-refractivity contribution is 6.30. The number of nitrogens with one attached hydrogen (secondary N) is 1. The van der Waals surface area contributed by atoms with Crippen molar-refractivity contribution in [2.75, 3.05) is 18.4 Å². The van der Waals surface area contributed by atoms with Gasteiger partial charge in [-0.25, -0.2) is 0 Å². The van der Waals surface area contributed by atoms with Gasteiger partial charge in [-0.3, -0.25) is 9.59 Å². The molecule has 1 N–H and O–H groups in total. The molecule has 0 saturated carbocycles. The van der Waals surface area contributed by atoms with Crippen molar-refractivity contribution in [3.8, 4) is 0 Å². The molecule has 2 amide bonds. The minimum Gasteiger partial charge on any atom is -0.338 e. The Kier molecular flexibility index (Phi) is 6.73. The number of alkyl halides is 6. The Morgan fingerprint density at radius 1 is 0.938 bits per heavy atom. The molecule has 2 aromatic rings. The summed E-state index contributed by atoms with van der Waals surface area (Å²) in [5.41, 5.74) is -3.39. The number of carbonyl (C=O) groups excluding carboxylic acids is 2. The summed E-state index contributed by atoms with van der Waals surface area (Å²) in [5, 5.41) is 3.13. The number of nitrogens with zero attached hydrogens (tertiary/aromatic N) is 1. The molecular weight excluding hydrogens is 462 g/mol. The zero-order valence-electron chi connectivity index (χ0n) is 16.4. The Balaban J connectivity index is 1.79. The third kappa shape index (κ3) is 5.73. The largest absolute Gasteiger partial charge is 0.416 e. The first-order chi connectivity index (χ1) is 14.8. The van der Waals surface area contributed by atoms with Crippen molar-refractivity contribution in [1.29, 1.82) is 0 Å². The van der Waals surface area contributed by atoms with E-state index in [0.29, 0.717) is 35.7 Å². The third-order valence-electron chi connectivity index (χ3n) is 5.03. The molecule has 0 unspecified atom stereocenters. The van der Waals surface area contributed by atoms with Gasteiger partial charge < -0.3 is 10.2 Å². The van der Waals surface area contributed by atoms with Gasteiger partial charge in [0.1, 0.15) is 0 Å². The fraction of sp³-hybridized carbons (Fsp3) is 0.333. The number of carbonyl (C=O) groups is 2. The van der Waals surface area contributed by atoms with Crippen LogP contribution in [0.15, 0.2) is 42.5 Å². The van der Waals surface area contributed by atoms with Crippen molar-refractivity contribution in [3.63, 3.8) is 0 Å². The second-order valence-electron chi connectivity index (χ2n) is 7.38. The second-order valence-corrected chi connectivity index (χ2v) is 7.82. The molecule has 1 atom stereocenters. The Morgan fingerprint density at radius 3 is 2.03 bits per heavy atom. The molecule has 32 heavy (non-hydrogen) atoms. The van der Waals surface area contributed by atoms with Crippen molar-refractivity contribution in [2.45, 2.75) is 25.2 Å². The summed E-state index contributed by atoms with van der Waals surface area (Å²) in [4.78, 5) is 26.4. The summed E-state index contributed by atoms with van der Waals surface area (Å²) in [6, 6.07) is 7.05. The Morgan fingerprint density at radius 2 is 1.50 bits per heavy atom. The van der Waals surface area contributed by atoms with E-state index >= 15 is 0 Å². The molecule has 1 aliphatic heterocycles. The molecule has 1 fully saturated rings. The number of anilines is 1. The average Bonchev–Trinajstić information content (AvgIpc) is 2.73. The smallest absolute Gasteiger partial charge is 0.338 e. The van der Waals surface area contributed by atoms with Crippen LogP contribution in [0.3, 0.4) is 0 Å². The van der Waals surface area contributed by atoms with Crippen LogP contribution in [0.25, 0.3) is 0 Å². The molecule has 3 rings (SSSR count). The van der Waals surface area contributed by atoms with E-state index in [1.807, 2.05) is 0 Å². The van der Waals surface area contributed by atoms with Crippen LogP contribution in [-0.2, 0) is 17.1 Å². The molecule has 11 heteroatoms. The SMILES string of the molecule is O=C(Nc1ccc(Cl)cc1)[C@@H]1CCCN(C(=O)c2cc(C(F)(F)F)cc(C(F)(F)F)c2)C1. The van der Waals surface area contributed by atoms with Gasteiger partial charge in [-0.1, -0.05) is 11.6 Å². The van der Waals surface area contributed by atoms with Gasteiger partial charge in [-0.05, 0) is 55.3 Å². The quantitative estimate of drug-likeness (QED) is 0.561. The molecule has 1 heterocycles. The summed E-state index contributed by atoms with van der Waals surface area (Å²) < 4.78 is 78.5. The second kappa shape index (κ2) is 9.01. The number of likely N-dealkylation sites (tertiary alicyclic amines) is 1. The van der Waals surface area contributed by atoms with Crippen LogP contribution in [0.5, 0.6) is 0 Å². The van der Waals surface area contributed by atoms with Crippen LogP contribution in [0.1, 0.15) is 34.3 Å². The van der Waals surface area contributed by atoms with Crippen molar-refractivity contribution in [3.05, 3.63) is 64.2 Å². The maximum absolute atomic E-state index is 13.1. The van der Waals surface area contributed by atoms with Crippen molar-refractivity contribution in [1.82, 2.24) is 4.90 Å². The number of hydrogen-bond acceptors (Lipinski definition) is 2. The third-order valence-corrected chi connectivity index (χ3v) is 5.28. The number of rotatable bonds is 3. The lowest BCUT2D eigenvalue weighted by Gasteiger charge is -2.32. The van der Waals surface area contributed by atoms with E-state index in [1.54, 1.807) is 24.3 Å². The van der Waals surface area contributed by atoms with Gasteiger partial charge >= 0.3 is 12.4 Å². The van der Waals surface area contributed by atoms with Crippen LogP contribution >= 0.6 is 11.6 Å². The molecule has 1 aliphatic rings. The Bertz CT molecular complexity index is 973. The van der Waals surface area contributed by atoms with E-state index in [4.69, 9.17) is 11.6 Å². The summed E-state index contributed by atoms with van der Waals surface area (Å²) in [5.74, 6) is -2.08. The molecule has 172 valence electrons. The van der Waals surface area contributed by atoms with Gasteiger partial charge in [-0.2, -0.15) is 26.3 Å². The first-order valence-corrected chi connectivity index (χ1v) is 9.87.